The molecule has 1 heterocycles. The van der Waals surface area contributed by atoms with E-state index >= 15 is 0 Å². The molecule has 1 amide bonds. The van der Waals surface area contributed by atoms with Crippen LogP contribution < -0.4 is 5.32 Å². The summed E-state index contributed by atoms with van der Waals surface area (Å²) in [5.74, 6) is -0.832. The molecular formula is C9H6FNO2. The second-order valence-electron chi connectivity index (χ2n) is 2.69. The van der Waals surface area contributed by atoms with E-state index in [1.165, 1.54) is 18.2 Å². The first-order valence-corrected chi connectivity index (χ1v) is 3.68. The fourth-order valence-electron chi connectivity index (χ4n) is 1.29. The number of rotatable bonds is 0. The summed E-state index contributed by atoms with van der Waals surface area (Å²) in [5.41, 5.74) is 1.08. The van der Waals surface area contributed by atoms with E-state index in [1.54, 1.807) is 0 Å². The quantitative estimate of drug-likeness (QED) is 0.470. The van der Waals surface area contributed by atoms with Gasteiger partial charge in [-0.25, -0.2) is 4.39 Å². The fourth-order valence-corrected chi connectivity index (χ4v) is 1.29. The van der Waals surface area contributed by atoms with Gasteiger partial charge in [0.05, 0.1) is 17.5 Å². The average Bonchev–Trinajstić information content (AvgIpc) is 2.39. The number of aliphatic hydroxyl groups excluding tert-OH is 1. The van der Waals surface area contributed by atoms with Gasteiger partial charge in [0.15, 0.2) is 0 Å². The van der Waals surface area contributed by atoms with Crippen LogP contribution in [-0.4, -0.2) is 11.0 Å². The zero-order valence-corrected chi connectivity index (χ0v) is 6.54. The molecule has 0 atom stereocenters. The van der Waals surface area contributed by atoms with Crippen molar-refractivity contribution in [3.8, 4) is 0 Å². The van der Waals surface area contributed by atoms with Crippen LogP contribution >= 0.6 is 0 Å². The molecule has 2 rings (SSSR count). The van der Waals surface area contributed by atoms with E-state index in [2.05, 4.69) is 5.32 Å². The number of halogens is 1. The number of amides is 1. The number of aliphatic hydroxyl groups is 1. The summed E-state index contributed by atoms with van der Waals surface area (Å²) < 4.78 is 12.7. The maximum Gasteiger partial charge on any atom is 0.259 e. The Morgan fingerprint density at radius 3 is 2.92 bits per heavy atom. The highest BCUT2D eigenvalue weighted by Crippen LogP contribution is 2.31. The first-order valence-electron chi connectivity index (χ1n) is 3.68. The summed E-state index contributed by atoms with van der Waals surface area (Å²) in [6, 6.07) is 3.90. The second-order valence-corrected chi connectivity index (χ2v) is 2.69. The van der Waals surface area contributed by atoms with E-state index in [1.807, 2.05) is 0 Å². The van der Waals surface area contributed by atoms with Gasteiger partial charge < -0.3 is 10.4 Å². The molecule has 0 aromatic heterocycles. The first kappa shape index (κ1) is 7.79. The molecule has 4 heteroatoms. The lowest BCUT2D eigenvalue weighted by Gasteiger charge is -1.95. The summed E-state index contributed by atoms with van der Waals surface area (Å²) in [5, 5.41) is 11.2. The normalized spacial score (nSPS) is 17.3. The maximum atomic E-state index is 12.7. The van der Waals surface area contributed by atoms with Crippen LogP contribution in [0.1, 0.15) is 5.56 Å². The van der Waals surface area contributed by atoms with Crippen LogP contribution in [0.15, 0.2) is 24.5 Å². The third kappa shape index (κ3) is 1.07. The molecule has 3 nitrogen and oxygen atoms in total. The van der Waals surface area contributed by atoms with E-state index in [0.717, 1.165) is 6.26 Å². The highest BCUT2D eigenvalue weighted by molar-refractivity contribution is 6.31. The predicted molar refractivity (Wildman–Crippen MR) is 45.6 cm³/mol. The summed E-state index contributed by atoms with van der Waals surface area (Å²) in [6.45, 7) is 0. The van der Waals surface area contributed by atoms with Crippen LogP contribution in [0.4, 0.5) is 10.1 Å². The molecule has 0 bridgehead atoms. The minimum atomic E-state index is -0.418. The van der Waals surface area contributed by atoms with Crippen molar-refractivity contribution in [2.24, 2.45) is 0 Å². The molecule has 2 N–H and O–H groups in total. The molecule has 1 aromatic rings. The van der Waals surface area contributed by atoms with Crippen molar-refractivity contribution < 1.29 is 14.3 Å². The van der Waals surface area contributed by atoms with E-state index in [0.29, 0.717) is 11.3 Å². The van der Waals surface area contributed by atoms with Crippen molar-refractivity contribution in [3.63, 3.8) is 0 Å². The second kappa shape index (κ2) is 2.58. The van der Waals surface area contributed by atoms with Gasteiger partial charge in [0, 0.05) is 5.56 Å². The Bertz CT molecular complexity index is 412. The molecule has 0 unspecified atom stereocenters. The number of carbonyl (C=O) groups is 1. The number of carbonyl (C=O) groups excluding carboxylic acids is 1. The van der Waals surface area contributed by atoms with E-state index < -0.39 is 11.7 Å². The molecular weight excluding hydrogens is 173 g/mol. The Balaban J connectivity index is 2.61. The smallest absolute Gasteiger partial charge is 0.259 e. The van der Waals surface area contributed by atoms with E-state index in [9.17, 15) is 9.18 Å². The molecule has 66 valence electrons. The van der Waals surface area contributed by atoms with Crippen LogP contribution in [0.5, 0.6) is 0 Å². The molecule has 0 fully saturated rings. The van der Waals surface area contributed by atoms with Gasteiger partial charge in [-0.3, -0.25) is 4.79 Å². The van der Waals surface area contributed by atoms with Crippen LogP contribution in [-0.2, 0) is 4.79 Å². The minimum Gasteiger partial charge on any atom is -0.515 e. The molecule has 0 saturated carbocycles. The fraction of sp³-hybridized carbons (Fsp3) is 0. The Morgan fingerprint density at radius 1 is 1.46 bits per heavy atom. The van der Waals surface area contributed by atoms with Crippen molar-refractivity contribution in [1.82, 2.24) is 0 Å². The van der Waals surface area contributed by atoms with Crippen molar-refractivity contribution in [2.45, 2.75) is 0 Å². The molecule has 0 spiro atoms. The largest absolute Gasteiger partial charge is 0.515 e. The number of hydrogen-bond donors (Lipinski definition) is 2. The number of hydrogen-bond acceptors (Lipinski definition) is 2. The van der Waals surface area contributed by atoms with Gasteiger partial charge in [0.1, 0.15) is 5.82 Å². The first-order chi connectivity index (χ1) is 6.22. The maximum absolute atomic E-state index is 12.7. The molecule has 1 aliphatic heterocycles. The van der Waals surface area contributed by atoms with Crippen LogP contribution in [0.25, 0.3) is 5.57 Å². The lowest BCUT2D eigenvalue weighted by Crippen LogP contribution is -2.03. The minimum absolute atomic E-state index is 0.162. The van der Waals surface area contributed by atoms with Crippen molar-refractivity contribution in [3.05, 3.63) is 35.8 Å². The van der Waals surface area contributed by atoms with Crippen molar-refractivity contribution in [2.75, 3.05) is 5.32 Å². The number of benzene rings is 1. The van der Waals surface area contributed by atoms with Crippen LogP contribution in [0, 0.1) is 5.82 Å². The number of fused-ring (bicyclic) bond motifs is 1. The summed E-state index contributed by atoms with van der Waals surface area (Å²) >= 11 is 0. The van der Waals surface area contributed by atoms with Gasteiger partial charge in [0.2, 0.25) is 0 Å². The Hall–Kier alpha value is -1.84. The molecule has 0 aliphatic carbocycles. The average molecular weight is 179 g/mol. The van der Waals surface area contributed by atoms with Crippen LogP contribution in [0.3, 0.4) is 0 Å². The topological polar surface area (TPSA) is 49.3 Å². The van der Waals surface area contributed by atoms with Gasteiger partial charge in [-0.2, -0.15) is 0 Å². The summed E-state index contributed by atoms with van der Waals surface area (Å²) in [6.07, 6.45) is 0.721. The summed E-state index contributed by atoms with van der Waals surface area (Å²) in [7, 11) is 0. The van der Waals surface area contributed by atoms with Crippen LogP contribution in [0.2, 0.25) is 0 Å². The third-order valence-electron chi connectivity index (χ3n) is 1.89. The third-order valence-corrected chi connectivity index (χ3v) is 1.89. The predicted octanol–water partition coefficient (Wildman–Crippen LogP) is 1.68. The van der Waals surface area contributed by atoms with Crippen molar-refractivity contribution >= 4 is 17.2 Å². The molecule has 1 aliphatic rings. The Morgan fingerprint density at radius 2 is 2.23 bits per heavy atom. The summed E-state index contributed by atoms with van der Waals surface area (Å²) in [4.78, 5) is 11.1. The molecule has 13 heavy (non-hydrogen) atoms. The highest BCUT2D eigenvalue weighted by atomic mass is 19.1. The van der Waals surface area contributed by atoms with Gasteiger partial charge in [0.25, 0.3) is 5.91 Å². The Kier molecular flexibility index (Phi) is 1.55. The number of nitrogens with one attached hydrogen (secondary N) is 1. The van der Waals surface area contributed by atoms with E-state index in [4.69, 9.17) is 5.11 Å². The van der Waals surface area contributed by atoms with E-state index in [-0.39, 0.29) is 5.57 Å². The lowest BCUT2D eigenvalue weighted by atomic mass is 10.1. The van der Waals surface area contributed by atoms with Gasteiger partial charge in [-0.1, -0.05) is 0 Å². The standard InChI is InChI=1S/C9H6FNO2/c10-5-1-2-6-7(4-12)9(13)11-8(6)3-5/h1-4,12H,(H,11,13)/b7-4-. The Labute approximate surface area is 73.5 Å². The van der Waals surface area contributed by atoms with Gasteiger partial charge >= 0.3 is 0 Å². The molecule has 0 saturated heterocycles. The number of anilines is 1. The molecule has 1 aromatic carbocycles. The molecule has 0 radical (unpaired) electrons. The van der Waals surface area contributed by atoms with Gasteiger partial charge in [-0.05, 0) is 18.2 Å². The van der Waals surface area contributed by atoms with Crippen molar-refractivity contribution in [1.29, 1.82) is 0 Å². The SMILES string of the molecule is O=C1Nc2cc(F)ccc2/C1=C/O. The monoisotopic (exact) mass is 179 g/mol. The zero-order chi connectivity index (χ0) is 9.42. The van der Waals surface area contributed by atoms with Gasteiger partial charge in [-0.15, -0.1) is 0 Å². The lowest BCUT2D eigenvalue weighted by molar-refractivity contribution is -0.110. The zero-order valence-electron chi connectivity index (χ0n) is 6.54. The highest BCUT2D eigenvalue weighted by Gasteiger charge is 2.24.